The minimum Gasteiger partial charge on any atom is -0.480 e. The molecule has 1 fully saturated rings. The largest absolute Gasteiger partial charge is 0.480 e. The van der Waals surface area contributed by atoms with Crippen LogP contribution in [0.5, 0.6) is 0 Å². The van der Waals surface area contributed by atoms with Crippen molar-refractivity contribution in [2.75, 3.05) is 6.54 Å². The van der Waals surface area contributed by atoms with Crippen LogP contribution in [0.2, 0.25) is 0 Å². The molecule has 1 aliphatic carbocycles. The maximum Gasteiger partial charge on any atom is 0.327 e. The highest BCUT2D eigenvalue weighted by molar-refractivity contribution is 5.82. The van der Waals surface area contributed by atoms with Crippen LogP contribution in [0.1, 0.15) is 51.9 Å². The molecular formula is C13H24N2O3. The van der Waals surface area contributed by atoms with Crippen LogP contribution in [-0.2, 0) is 9.59 Å². The van der Waals surface area contributed by atoms with Crippen molar-refractivity contribution in [1.82, 2.24) is 10.6 Å². The van der Waals surface area contributed by atoms with Crippen LogP contribution in [0.25, 0.3) is 0 Å². The summed E-state index contributed by atoms with van der Waals surface area (Å²) in [5, 5.41) is 14.7. The molecular weight excluding hydrogens is 232 g/mol. The van der Waals surface area contributed by atoms with Gasteiger partial charge in [0.2, 0.25) is 5.91 Å². The minimum absolute atomic E-state index is 0.304. The van der Waals surface area contributed by atoms with E-state index in [4.69, 9.17) is 5.11 Å². The standard InChI is InChI=1S/C13H24N2O3/c1-10(16)15-12(13(17)18)9-14-11-7-5-3-2-4-6-8-11/h11-12,14H,2-9H2,1H3,(H,15,16)(H,17,18). The SMILES string of the molecule is CC(=O)NC(CNC1CCCCCCC1)C(=O)O. The summed E-state index contributed by atoms with van der Waals surface area (Å²) in [5.74, 6) is -1.29. The van der Waals surface area contributed by atoms with E-state index >= 15 is 0 Å². The van der Waals surface area contributed by atoms with Gasteiger partial charge in [-0.25, -0.2) is 4.79 Å². The normalized spacial score (nSPS) is 19.6. The second-order valence-electron chi connectivity index (χ2n) is 5.04. The minimum atomic E-state index is -0.983. The zero-order valence-electron chi connectivity index (χ0n) is 11.1. The Kier molecular flexibility index (Phi) is 6.72. The van der Waals surface area contributed by atoms with Gasteiger partial charge in [-0.1, -0.05) is 32.1 Å². The second kappa shape index (κ2) is 8.08. The average molecular weight is 256 g/mol. The van der Waals surface area contributed by atoms with Gasteiger partial charge in [0, 0.05) is 19.5 Å². The van der Waals surface area contributed by atoms with Crippen LogP contribution in [0.15, 0.2) is 0 Å². The smallest absolute Gasteiger partial charge is 0.327 e. The van der Waals surface area contributed by atoms with Crippen molar-refractivity contribution in [3.8, 4) is 0 Å². The first-order chi connectivity index (χ1) is 8.59. The fourth-order valence-corrected chi connectivity index (χ4v) is 2.39. The summed E-state index contributed by atoms with van der Waals surface area (Å²) >= 11 is 0. The highest BCUT2D eigenvalue weighted by Crippen LogP contribution is 2.16. The van der Waals surface area contributed by atoms with E-state index in [-0.39, 0.29) is 5.91 Å². The first kappa shape index (κ1) is 15.0. The number of nitrogens with one attached hydrogen (secondary N) is 2. The van der Waals surface area contributed by atoms with Gasteiger partial charge < -0.3 is 15.7 Å². The third-order valence-electron chi connectivity index (χ3n) is 3.39. The van der Waals surface area contributed by atoms with Crippen LogP contribution < -0.4 is 10.6 Å². The number of amides is 1. The number of rotatable bonds is 5. The Labute approximate surface area is 108 Å². The van der Waals surface area contributed by atoms with E-state index < -0.39 is 12.0 Å². The van der Waals surface area contributed by atoms with Crippen molar-refractivity contribution in [3.05, 3.63) is 0 Å². The molecule has 0 spiro atoms. The van der Waals surface area contributed by atoms with E-state index in [1.807, 2.05) is 0 Å². The van der Waals surface area contributed by atoms with Gasteiger partial charge in [0.25, 0.3) is 0 Å². The lowest BCUT2D eigenvalue weighted by atomic mass is 9.96. The average Bonchev–Trinajstić information content (AvgIpc) is 2.24. The van der Waals surface area contributed by atoms with Gasteiger partial charge in [-0.15, -0.1) is 0 Å². The number of carbonyl (C=O) groups is 2. The van der Waals surface area contributed by atoms with E-state index in [1.165, 1.54) is 39.0 Å². The molecule has 0 aromatic heterocycles. The molecule has 0 aromatic carbocycles. The molecule has 5 nitrogen and oxygen atoms in total. The molecule has 1 aliphatic rings. The predicted octanol–water partition coefficient (Wildman–Crippen LogP) is 1.28. The zero-order valence-corrected chi connectivity index (χ0v) is 11.1. The van der Waals surface area contributed by atoms with Crippen molar-refractivity contribution in [1.29, 1.82) is 0 Å². The van der Waals surface area contributed by atoms with E-state index in [9.17, 15) is 9.59 Å². The molecule has 1 amide bonds. The van der Waals surface area contributed by atoms with Gasteiger partial charge in [-0.05, 0) is 12.8 Å². The summed E-state index contributed by atoms with van der Waals surface area (Å²) in [5.41, 5.74) is 0. The molecule has 5 heteroatoms. The molecule has 1 atom stereocenters. The monoisotopic (exact) mass is 256 g/mol. The summed E-state index contributed by atoms with van der Waals surface area (Å²) in [7, 11) is 0. The summed E-state index contributed by atoms with van der Waals surface area (Å²) in [6, 6.07) is -0.436. The van der Waals surface area contributed by atoms with Gasteiger partial charge >= 0.3 is 5.97 Å². The van der Waals surface area contributed by atoms with Crippen LogP contribution >= 0.6 is 0 Å². The maximum absolute atomic E-state index is 11.0. The molecule has 104 valence electrons. The van der Waals surface area contributed by atoms with E-state index in [1.54, 1.807) is 0 Å². The van der Waals surface area contributed by atoms with E-state index in [0.29, 0.717) is 12.6 Å². The predicted molar refractivity (Wildman–Crippen MR) is 69.4 cm³/mol. The highest BCUT2D eigenvalue weighted by Gasteiger charge is 2.20. The summed E-state index contributed by atoms with van der Waals surface area (Å²) in [6.45, 7) is 1.64. The molecule has 1 unspecified atom stereocenters. The van der Waals surface area contributed by atoms with Gasteiger partial charge in [-0.2, -0.15) is 0 Å². The molecule has 0 radical (unpaired) electrons. The molecule has 3 N–H and O–H groups in total. The van der Waals surface area contributed by atoms with Crippen molar-refractivity contribution >= 4 is 11.9 Å². The Morgan fingerprint density at radius 3 is 2.22 bits per heavy atom. The third kappa shape index (κ3) is 6.00. The Bertz CT molecular complexity index is 273. The summed E-state index contributed by atoms with van der Waals surface area (Å²) < 4.78 is 0. The molecule has 0 bridgehead atoms. The first-order valence-corrected chi connectivity index (χ1v) is 6.83. The number of hydrogen-bond acceptors (Lipinski definition) is 3. The lowest BCUT2D eigenvalue weighted by Crippen LogP contribution is -2.48. The van der Waals surface area contributed by atoms with Gasteiger partial charge in [0.05, 0.1) is 0 Å². The van der Waals surface area contributed by atoms with Gasteiger partial charge in [0.15, 0.2) is 0 Å². The van der Waals surface area contributed by atoms with Gasteiger partial charge in [0.1, 0.15) is 6.04 Å². The van der Waals surface area contributed by atoms with Crippen LogP contribution in [-0.4, -0.2) is 35.6 Å². The van der Waals surface area contributed by atoms with Crippen molar-refractivity contribution in [3.63, 3.8) is 0 Å². The fourth-order valence-electron chi connectivity index (χ4n) is 2.39. The fraction of sp³-hybridized carbons (Fsp3) is 0.846. The molecule has 18 heavy (non-hydrogen) atoms. The summed E-state index contributed by atoms with van der Waals surface area (Å²) in [6.07, 6.45) is 8.47. The molecule has 0 aliphatic heterocycles. The Morgan fingerprint density at radius 1 is 1.17 bits per heavy atom. The lowest BCUT2D eigenvalue weighted by molar-refractivity contribution is -0.141. The Balaban J connectivity index is 2.34. The number of carboxylic acids is 1. The van der Waals surface area contributed by atoms with Crippen molar-refractivity contribution in [2.24, 2.45) is 0 Å². The van der Waals surface area contributed by atoms with Gasteiger partial charge in [-0.3, -0.25) is 4.79 Å². The number of hydrogen-bond donors (Lipinski definition) is 3. The van der Waals surface area contributed by atoms with Crippen LogP contribution in [0.4, 0.5) is 0 Å². The number of carboxylic acid groups (broad SMARTS) is 1. The second-order valence-corrected chi connectivity index (χ2v) is 5.04. The summed E-state index contributed by atoms with van der Waals surface area (Å²) in [4.78, 5) is 21.9. The molecule has 0 saturated heterocycles. The molecule has 0 aromatic rings. The zero-order chi connectivity index (χ0) is 13.4. The highest BCUT2D eigenvalue weighted by atomic mass is 16.4. The van der Waals surface area contributed by atoms with E-state index in [2.05, 4.69) is 10.6 Å². The Morgan fingerprint density at radius 2 is 1.72 bits per heavy atom. The Hall–Kier alpha value is -1.10. The quantitative estimate of drug-likeness (QED) is 0.692. The third-order valence-corrected chi connectivity index (χ3v) is 3.39. The molecule has 1 saturated carbocycles. The van der Waals surface area contributed by atoms with Crippen molar-refractivity contribution in [2.45, 2.75) is 64.0 Å². The molecule has 1 rings (SSSR count). The van der Waals surface area contributed by atoms with Crippen LogP contribution in [0, 0.1) is 0 Å². The number of carbonyl (C=O) groups excluding carboxylic acids is 1. The van der Waals surface area contributed by atoms with Crippen LogP contribution in [0.3, 0.4) is 0 Å². The first-order valence-electron chi connectivity index (χ1n) is 6.83. The van der Waals surface area contributed by atoms with E-state index in [0.717, 1.165) is 12.8 Å². The lowest BCUT2D eigenvalue weighted by Gasteiger charge is -2.23. The molecule has 0 heterocycles. The topological polar surface area (TPSA) is 78.4 Å². The van der Waals surface area contributed by atoms with Crippen molar-refractivity contribution < 1.29 is 14.7 Å². The number of aliphatic carboxylic acids is 1. The maximum atomic E-state index is 11.0.